The number of hydrogen-bond acceptors (Lipinski definition) is 6. The molecule has 3 aromatic heterocycles. The van der Waals surface area contributed by atoms with Gasteiger partial charge in [-0.25, -0.2) is 19.3 Å². The molecule has 0 atom stereocenters. The molecule has 194 valence electrons. The molecule has 0 unspecified atom stereocenters. The first-order valence-corrected chi connectivity index (χ1v) is 13.0. The van der Waals surface area contributed by atoms with Crippen LogP contribution in [-0.4, -0.2) is 42.8 Å². The number of hydrogen-bond donors (Lipinski definition) is 1. The van der Waals surface area contributed by atoms with Crippen LogP contribution in [0.1, 0.15) is 71.3 Å². The van der Waals surface area contributed by atoms with Crippen molar-refractivity contribution in [3.05, 3.63) is 69.8 Å². The van der Waals surface area contributed by atoms with Gasteiger partial charge in [-0.1, -0.05) is 32.9 Å². The van der Waals surface area contributed by atoms with E-state index in [9.17, 15) is 4.79 Å². The standard InChI is InChI=1S/C29H37N7O/c1-18(2)35-26(37)21-17-30-27(31-20-12-13-22-19(16-20)14-15-34(8)29(22,6)7)33-25(21)36(35)24-11-9-10-23(32-24)28(3,4)5/h9-13,16-18H,14-15H2,1-8H3,(H,30,31,33). The second-order valence-corrected chi connectivity index (χ2v) is 11.8. The highest BCUT2D eigenvalue weighted by Crippen LogP contribution is 2.35. The van der Waals surface area contributed by atoms with Gasteiger partial charge in [0.25, 0.3) is 5.56 Å². The molecule has 1 aliphatic rings. The van der Waals surface area contributed by atoms with Gasteiger partial charge in [0.1, 0.15) is 5.39 Å². The Labute approximate surface area is 218 Å². The number of rotatable bonds is 4. The van der Waals surface area contributed by atoms with E-state index in [1.807, 2.05) is 36.7 Å². The molecule has 8 nitrogen and oxygen atoms in total. The Morgan fingerprint density at radius 3 is 2.54 bits per heavy atom. The van der Waals surface area contributed by atoms with E-state index in [-0.39, 0.29) is 22.6 Å². The highest BCUT2D eigenvalue weighted by molar-refractivity contribution is 5.77. The summed E-state index contributed by atoms with van der Waals surface area (Å²) in [5, 5.41) is 3.85. The van der Waals surface area contributed by atoms with Crippen molar-refractivity contribution >= 4 is 22.7 Å². The van der Waals surface area contributed by atoms with E-state index in [0.29, 0.717) is 22.8 Å². The van der Waals surface area contributed by atoms with E-state index in [1.165, 1.54) is 11.1 Å². The second-order valence-electron chi connectivity index (χ2n) is 11.8. The Morgan fingerprint density at radius 2 is 1.84 bits per heavy atom. The lowest BCUT2D eigenvalue weighted by molar-refractivity contribution is 0.143. The molecule has 1 N–H and O–H groups in total. The van der Waals surface area contributed by atoms with E-state index in [0.717, 1.165) is 24.3 Å². The van der Waals surface area contributed by atoms with Crippen molar-refractivity contribution in [1.82, 2.24) is 29.2 Å². The SMILES string of the molecule is CC(C)n1c(=O)c2cnc(Nc3ccc4c(c3)CCN(C)C4(C)C)nc2n1-c1cccc(C(C)(C)C)n1. The fourth-order valence-electron chi connectivity index (χ4n) is 5.08. The van der Waals surface area contributed by atoms with Crippen molar-refractivity contribution in [1.29, 1.82) is 0 Å². The minimum atomic E-state index is -0.126. The number of fused-ring (bicyclic) bond motifs is 2. The smallest absolute Gasteiger partial charge is 0.278 e. The predicted molar refractivity (Wildman–Crippen MR) is 149 cm³/mol. The third kappa shape index (κ3) is 4.33. The molecule has 4 aromatic rings. The molecule has 0 fully saturated rings. The first kappa shape index (κ1) is 25.1. The molecule has 4 heterocycles. The zero-order valence-electron chi connectivity index (χ0n) is 23.1. The first-order chi connectivity index (χ1) is 17.4. The van der Waals surface area contributed by atoms with Crippen LogP contribution in [0, 0.1) is 0 Å². The number of nitrogens with one attached hydrogen (secondary N) is 1. The van der Waals surface area contributed by atoms with Crippen LogP contribution in [0.5, 0.6) is 0 Å². The average Bonchev–Trinajstić information content (AvgIpc) is 3.13. The predicted octanol–water partition coefficient (Wildman–Crippen LogP) is 5.32. The van der Waals surface area contributed by atoms with Gasteiger partial charge in [-0.05, 0) is 76.6 Å². The summed E-state index contributed by atoms with van der Waals surface area (Å²) < 4.78 is 3.53. The summed E-state index contributed by atoms with van der Waals surface area (Å²) in [6, 6.07) is 12.3. The molecule has 0 spiro atoms. The molecule has 1 aromatic carbocycles. The molecular formula is C29H37N7O. The van der Waals surface area contributed by atoms with Crippen molar-refractivity contribution in [3.63, 3.8) is 0 Å². The maximum atomic E-state index is 13.4. The summed E-state index contributed by atoms with van der Waals surface area (Å²) in [7, 11) is 2.17. The zero-order chi connectivity index (χ0) is 26.7. The molecule has 37 heavy (non-hydrogen) atoms. The van der Waals surface area contributed by atoms with Gasteiger partial charge in [-0.3, -0.25) is 9.69 Å². The highest BCUT2D eigenvalue weighted by Gasteiger charge is 2.32. The molecule has 8 heteroatoms. The van der Waals surface area contributed by atoms with E-state index in [4.69, 9.17) is 9.97 Å². The van der Waals surface area contributed by atoms with Gasteiger partial charge in [0.2, 0.25) is 5.95 Å². The summed E-state index contributed by atoms with van der Waals surface area (Å²) in [5.41, 5.74) is 4.84. The van der Waals surface area contributed by atoms with Crippen molar-refractivity contribution in [2.24, 2.45) is 0 Å². The third-order valence-electron chi connectivity index (χ3n) is 7.52. The van der Waals surface area contributed by atoms with Gasteiger partial charge in [0, 0.05) is 41.1 Å². The van der Waals surface area contributed by atoms with Gasteiger partial charge in [-0.2, -0.15) is 4.98 Å². The fraction of sp³-hybridized carbons (Fsp3) is 0.448. The molecule has 0 saturated carbocycles. The van der Waals surface area contributed by atoms with Crippen molar-refractivity contribution in [3.8, 4) is 5.82 Å². The van der Waals surface area contributed by atoms with Gasteiger partial charge < -0.3 is 5.32 Å². The normalized spacial score (nSPS) is 15.8. The minimum Gasteiger partial charge on any atom is -0.324 e. The Bertz CT molecular complexity index is 1540. The van der Waals surface area contributed by atoms with E-state index in [1.54, 1.807) is 10.9 Å². The minimum absolute atomic E-state index is 0.00799. The maximum Gasteiger partial charge on any atom is 0.278 e. The van der Waals surface area contributed by atoms with Crippen LogP contribution in [0.25, 0.3) is 16.9 Å². The molecule has 0 aliphatic carbocycles. The van der Waals surface area contributed by atoms with Crippen LogP contribution in [0.15, 0.2) is 47.4 Å². The number of likely N-dealkylation sites (N-methyl/N-ethyl adjacent to an activating group) is 1. The number of pyridine rings is 1. The monoisotopic (exact) mass is 499 g/mol. The average molecular weight is 500 g/mol. The first-order valence-electron chi connectivity index (χ1n) is 13.0. The summed E-state index contributed by atoms with van der Waals surface area (Å²) in [5.74, 6) is 1.11. The lowest BCUT2D eigenvalue weighted by Crippen LogP contribution is -2.43. The van der Waals surface area contributed by atoms with Crippen LogP contribution in [-0.2, 0) is 17.4 Å². The number of benzene rings is 1. The molecule has 1 aliphatic heterocycles. The number of anilines is 2. The Kier molecular flexibility index (Phi) is 5.98. The van der Waals surface area contributed by atoms with E-state index in [2.05, 4.69) is 75.1 Å². The van der Waals surface area contributed by atoms with Gasteiger partial charge in [0.05, 0.1) is 0 Å². The van der Waals surface area contributed by atoms with E-state index >= 15 is 0 Å². The van der Waals surface area contributed by atoms with Gasteiger partial charge in [0.15, 0.2) is 11.5 Å². The summed E-state index contributed by atoms with van der Waals surface area (Å²) in [6.45, 7) is 15.9. The van der Waals surface area contributed by atoms with E-state index < -0.39 is 0 Å². The van der Waals surface area contributed by atoms with Crippen molar-refractivity contribution < 1.29 is 0 Å². The Hall–Kier alpha value is -3.52. The van der Waals surface area contributed by atoms with Crippen LogP contribution < -0.4 is 10.9 Å². The van der Waals surface area contributed by atoms with Crippen molar-refractivity contribution in [2.45, 2.75) is 71.9 Å². The largest absolute Gasteiger partial charge is 0.324 e. The second kappa shape index (κ2) is 8.80. The Morgan fingerprint density at radius 1 is 1.08 bits per heavy atom. The maximum absolute atomic E-state index is 13.4. The van der Waals surface area contributed by atoms with Crippen LogP contribution in [0.4, 0.5) is 11.6 Å². The van der Waals surface area contributed by atoms with Gasteiger partial charge in [-0.15, -0.1) is 0 Å². The van der Waals surface area contributed by atoms with Crippen LogP contribution in [0.2, 0.25) is 0 Å². The van der Waals surface area contributed by atoms with Crippen LogP contribution >= 0.6 is 0 Å². The lowest BCUT2D eigenvalue weighted by atomic mass is 9.83. The molecule has 0 saturated heterocycles. The fourth-order valence-corrected chi connectivity index (χ4v) is 5.08. The highest BCUT2D eigenvalue weighted by atomic mass is 16.1. The summed E-state index contributed by atoms with van der Waals surface area (Å²) in [4.78, 5) is 30.0. The summed E-state index contributed by atoms with van der Waals surface area (Å²) >= 11 is 0. The molecule has 0 bridgehead atoms. The Balaban J connectivity index is 1.60. The number of nitrogens with zero attached hydrogens (tertiary/aromatic N) is 6. The number of aromatic nitrogens is 5. The molecule has 0 radical (unpaired) electrons. The topological polar surface area (TPSA) is 80.9 Å². The molecule has 0 amide bonds. The quantitative estimate of drug-likeness (QED) is 0.409. The third-order valence-corrected chi connectivity index (χ3v) is 7.52. The van der Waals surface area contributed by atoms with Crippen LogP contribution in [0.3, 0.4) is 0 Å². The van der Waals surface area contributed by atoms with Gasteiger partial charge >= 0.3 is 0 Å². The molecule has 5 rings (SSSR count). The summed E-state index contributed by atoms with van der Waals surface area (Å²) in [6.07, 6.45) is 2.61. The zero-order valence-corrected chi connectivity index (χ0v) is 23.1. The molecular weight excluding hydrogens is 462 g/mol. The van der Waals surface area contributed by atoms with Crippen molar-refractivity contribution in [2.75, 3.05) is 18.9 Å². The lowest BCUT2D eigenvalue weighted by Gasteiger charge is -2.41.